The minimum atomic E-state index is -4.62. The molecule has 1 aliphatic rings. The van der Waals surface area contributed by atoms with Gasteiger partial charge in [0.15, 0.2) is 0 Å². The number of carbonyl (C=O) groups excluding carboxylic acids is 2. The summed E-state index contributed by atoms with van der Waals surface area (Å²) >= 11 is 1.07. The van der Waals surface area contributed by atoms with Crippen molar-refractivity contribution in [2.24, 2.45) is 0 Å². The van der Waals surface area contributed by atoms with E-state index in [2.05, 4.69) is 15.0 Å². The fourth-order valence-electron chi connectivity index (χ4n) is 3.41. The third kappa shape index (κ3) is 5.01. The Kier molecular flexibility index (Phi) is 6.51. The molecule has 164 valence electrons. The van der Waals surface area contributed by atoms with Crippen LogP contribution >= 0.6 is 11.3 Å². The summed E-state index contributed by atoms with van der Waals surface area (Å²) in [4.78, 5) is 29.1. The van der Waals surface area contributed by atoms with Crippen molar-refractivity contribution in [1.29, 1.82) is 0 Å². The van der Waals surface area contributed by atoms with Crippen LogP contribution in [0.1, 0.15) is 33.8 Å². The molecule has 0 unspecified atom stereocenters. The van der Waals surface area contributed by atoms with Gasteiger partial charge < -0.3 is 19.6 Å². The number of hydrogen-bond acceptors (Lipinski definition) is 6. The van der Waals surface area contributed by atoms with Gasteiger partial charge in [0, 0.05) is 24.7 Å². The lowest BCUT2D eigenvalue weighted by atomic mass is 10.1. The largest absolute Gasteiger partial charge is 0.452 e. The second-order valence-electron chi connectivity index (χ2n) is 7.54. The number of amides is 2. The zero-order valence-corrected chi connectivity index (χ0v) is 17.7. The van der Waals surface area contributed by atoms with E-state index in [1.165, 1.54) is 6.92 Å². The summed E-state index contributed by atoms with van der Waals surface area (Å²) in [6.07, 6.45) is -3.07. The molecule has 0 aromatic carbocycles. The number of halogens is 3. The van der Waals surface area contributed by atoms with Crippen LogP contribution in [0.4, 0.5) is 13.2 Å². The number of aromatic nitrogens is 1. The van der Waals surface area contributed by atoms with Crippen LogP contribution in [0, 0.1) is 6.92 Å². The van der Waals surface area contributed by atoms with E-state index in [0.29, 0.717) is 22.8 Å². The van der Waals surface area contributed by atoms with Crippen LogP contribution in [0.15, 0.2) is 16.7 Å². The summed E-state index contributed by atoms with van der Waals surface area (Å²) in [6.45, 7) is 2.52. The van der Waals surface area contributed by atoms with Crippen LogP contribution in [0.2, 0.25) is 0 Å². The average Bonchev–Trinajstić information content (AvgIpc) is 3.26. The Hall–Kier alpha value is -2.40. The third-order valence-electron chi connectivity index (χ3n) is 4.77. The summed E-state index contributed by atoms with van der Waals surface area (Å²) < 4.78 is 43.3. The zero-order chi connectivity index (χ0) is 22.1. The predicted molar refractivity (Wildman–Crippen MR) is 105 cm³/mol. The van der Waals surface area contributed by atoms with Gasteiger partial charge in [0.1, 0.15) is 5.69 Å². The predicted octanol–water partition coefficient (Wildman–Crippen LogP) is 3.01. The maximum absolute atomic E-state index is 12.9. The maximum atomic E-state index is 12.9. The van der Waals surface area contributed by atoms with E-state index in [1.54, 1.807) is 36.0 Å². The highest BCUT2D eigenvalue weighted by molar-refractivity contribution is 7.17. The monoisotopic (exact) mass is 444 g/mol. The number of nitrogens with zero attached hydrogens (tertiary/aromatic N) is 3. The topological polar surface area (TPSA) is 78.7 Å². The molecule has 3 rings (SSSR count). The van der Waals surface area contributed by atoms with Crippen molar-refractivity contribution in [2.75, 3.05) is 33.7 Å². The highest BCUT2D eigenvalue weighted by Crippen LogP contribution is 2.38. The van der Waals surface area contributed by atoms with E-state index < -0.39 is 11.9 Å². The molecule has 2 amide bonds. The van der Waals surface area contributed by atoms with Crippen LogP contribution in [-0.2, 0) is 11.0 Å². The van der Waals surface area contributed by atoms with Crippen LogP contribution in [0.25, 0.3) is 10.6 Å². The van der Waals surface area contributed by atoms with E-state index in [9.17, 15) is 22.8 Å². The van der Waals surface area contributed by atoms with Gasteiger partial charge in [-0.1, -0.05) is 5.16 Å². The minimum Gasteiger partial charge on any atom is -0.351 e. The first-order valence-electron chi connectivity index (χ1n) is 9.43. The molecule has 0 spiro atoms. The van der Waals surface area contributed by atoms with Crippen LogP contribution in [-0.4, -0.2) is 66.5 Å². The van der Waals surface area contributed by atoms with Crippen LogP contribution in [0.3, 0.4) is 0 Å². The smallest absolute Gasteiger partial charge is 0.351 e. The molecular weight excluding hydrogens is 421 g/mol. The average molecular weight is 444 g/mol. The quantitative estimate of drug-likeness (QED) is 0.767. The Balaban J connectivity index is 1.69. The van der Waals surface area contributed by atoms with Gasteiger partial charge in [-0.25, -0.2) is 0 Å². The molecule has 1 N–H and O–H groups in total. The fourth-order valence-corrected chi connectivity index (χ4v) is 4.42. The molecule has 3 heterocycles. The maximum Gasteiger partial charge on any atom is 0.452 e. The highest BCUT2D eigenvalue weighted by atomic mass is 32.1. The first-order valence-corrected chi connectivity index (χ1v) is 10.2. The number of likely N-dealkylation sites (tertiary alicyclic amines) is 1. The zero-order valence-electron chi connectivity index (χ0n) is 16.9. The van der Waals surface area contributed by atoms with Crippen molar-refractivity contribution < 1.29 is 27.3 Å². The molecule has 1 saturated heterocycles. The summed E-state index contributed by atoms with van der Waals surface area (Å²) in [6, 6.07) is 3.03. The van der Waals surface area contributed by atoms with Gasteiger partial charge in [0.25, 0.3) is 5.91 Å². The van der Waals surface area contributed by atoms with E-state index in [4.69, 9.17) is 0 Å². The van der Waals surface area contributed by atoms with Gasteiger partial charge in [-0.15, -0.1) is 11.3 Å². The van der Waals surface area contributed by atoms with Gasteiger partial charge in [0.05, 0.1) is 16.3 Å². The van der Waals surface area contributed by atoms with Crippen molar-refractivity contribution in [1.82, 2.24) is 20.3 Å². The molecule has 2 aromatic rings. The lowest BCUT2D eigenvalue weighted by molar-refractivity contribution is -0.156. The number of alkyl halides is 3. The second-order valence-corrected chi connectivity index (χ2v) is 8.63. The number of thiophene rings is 1. The number of rotatable bonds is 5. The number of carbonyl (C=O) groups is 2. The Morgan fingerprint density at radius 3 is 2.73 bits per heavy atom. The number of nitrogens with one attached hydrogen (secondary N) is 1. The van der Waals surface area contributed by atoms with E-state index in [1.807, 2.05) is 0 Å². The standard InChI is InChI=1S/C19H23F3N4O3S/c1-11-16(24-29-17(11)19(20,21)22)13-6-7-14(30-13)18(28)26-8-4-5-12(9-26)23-15(27)10-25(2)3/h6-7,12H,4-5,8-10H2,1-3H3,(H,23,27)/t12-/m0/s1. The highest BCUT2D eigenvalue weighted by Gasteiger charge is 2.39. The number of hydrogen-bond donors (Lipinski definition) is 1. The number of likely N-dealkylation sites (N-methyl/N-ethyl adjacent to an activating group) is 1. The second kappa shape index (κ2) is 8.76. The molecule has 7 nitrogen and oxygen atoms in total. The summed E-state index contributed by atoms with van der Waals surface area (Å²) in [5.41, 5.74) is -0.0242. The SMILES string of the molecule is Cc1c(-c2ccc(C(=O)N3CCC[C@H](NC(=O)CN(C)C)C3)s2)noc1C(F)(F)F. The fraction of sp³-hybridized carbons (Fsp3) is 0.526. The van der Waals surface area contributed by atoms with E-state index in [-0.39, 0.29) is 35.7 Å². The molecule has 30 heavy (non-hydrogen) atoms. The molecule has 11 heteroatoms. The van der Waals surface area contributed by atoms with Gasteiger partial charge in [-0.3, -0.25) is 9.59 Å². The molecule has 0 bridgehead atoms. The summed E-state index contributed by atoms with van der Waals surface area (Å²) in [5, 5.41) is 6.49. The van der Waals surface area contributed by atoms with Crippen molar-refractivity contribution in [3.8, 4) is 10.6 Å². The van der Waals surface area contributed by atoms with Crippen LogP contribution < -0.4 is 5.32 Å². The molecule has 0 aliphatic carbocycles. The Labute approximate surface area is 175 Å². The van der Waals surface area contributed by atoms with Crippen molar-refractivity contribution in [3.05, 3.63) is 28.3 Å². The number of piperidine rings is 1. The van der Waals surface area contributed by atoms with E-state index in [0.717, 1.165) is 24.2 Å². The van der Waals surface area contributed by atoms with Gasteiger partial charge >= 0.3 is 6.18 Å². The Morgan fingerprint density at radius 2 is 2.10 bits per heavy atom. The molecule has 1 aliphatic heterocycles. The lowest BCUT2D eigenvalue weighted by Gasteiger charge is -2.33. The Bertz CT molecular complexity index is 923. The summed E-state index contributed by atoms with van der Waals surface area (Å²) in [7, 11) is 3.61. The first-order chi connectivity index (χ1) is 14.1. The molecule has 0 saturated carbocycles. The molecule has 2 aromatic heterocycles. The minimum absolute atomic E-state index is 0.0823. The normalized spacial score (nSPS) is 17.4. The van der Waals surface area contributed by atoms with Crippen LogP contribution in [0.5, 0.6) is 0 Å². The van der Waals surface area contributed by atoms with Crippen molar-refractivity contribution in [2.45, 2.75) is 32.0 Å². The van der Waals surface area contributed by atoms with Gasteiger partial charge in [0.2, 0.25) is 11.7 Å². The molecule has 1 atom stereocenters. The van der Waals surface area contributed by atoms with Crippen molar-refractivity contribution >= 4 is 23.2 Å². The van der Waals surface area contributed by atoms with E-state index >= 15 is 0 Å². The first kappa shape index (κ1) is 22.3. The molecule has 0 radical (unpaired) electrons. The Morgan fingerprint density at radius 1 is 1.37 bits per heavy atom. The lowest BCUT2D eigenvalue weighted by Crippen LogP contribution is -2.50. The molecule has 1 fully saturated rings. The summed E-state index contributed by atoms with van der Waals surface area (Å²) in [5.74, 6) is -1.44. The van der Waals surface area contributed by atoms with Gasteiger partial charge in [-0.05, 0) is 46.0 Å². The third-order valence-corrected chi connectivity index (χ3v) is 5.85. The molecular formula is C19H23F3N4O3S. The van der Waals surface area contributed by atoms with Crippen molar-refractivity contribution in [3.63, 3.8) is 0 Å². The van der Waals surface area contributed by atoms with Gasteiger partial charge in [-0.2, -0.15) is 13.2 Å².